The highest BCUT2D eigenvalue weighted by molar-refractivity contribution is 5.79. The highest BCUT2D eigenvalue weighted by atomic mass is 16.2. The van der Waals surface area contributed by atoms with Gasteiger partial charge in [0.1, 0.15) is 0 Å². The van der Waals surface area contributed by atoms with Crippen LogP contribution < -0.4 is 0 Å². The molecule has 0 unspecified atom stereocenters. The first kappa shape index (κ1) is 18.6. The molecule has 1 amide bonds. The van der Waals surface area contributed by atoms with Crippen molar-refractivity contribution in [3.05, 3.63) is 13.2 Å². The molecule has 0 bridgehead atoms. The molecule has 0 aliphatic heterocycles. The van der Waals surface area contributed by atoms with Crippen LogP contribution in [0.4, 0.5) is 0 Å². The monoisotopic (exact) mass is 241 g/mol. The van der Waals surface area contributed by atoms with E-state index in [1.165, 1.54) is 0 Å². The topological polar surface area (TPSA) is 20.3 Å². The fourth-order valence-electron chi connectivity index (χ4n) is 2.31. The molecule has 0 rings (SSSR count). The highest BCUT2D eigenvalue weighted by Gasteiger charge is 2.29. The molecule has 0 atom stereocenters. The second-order valence-corrected chi connectivity index (χ2v) is 5.23. The molecular weight excluding hydrogens is 210 g/mol. The molecule has 0 heterocycles. The maximum absolute atomic E-state index is 12.3. The standard InChI is InChI=1S/C13H27NO.C2H4/c1-8-14(11(6)7)13(15)12(9(2)3)10(4)5;1-2/h9-12H,8H2,1-7H3;1-2H2. The Morgan fingerprint density at radius 3 is 1.53 bits per heavy atom. The molecule has 0 radical (unpaired) electrons. The number of hydrogen-bond acceptors (Lipinski definition) is 1. The van der Waals surface area contributed by atoms with Gasteiger partial charge in [-0.15, -0.1) is 13.2 Å². The minimum atomic E-state index is 0.160. The Morgan fingerprint density at radius 2 is 1.35 bits per heavy atom. The number of carbonyl (C=O) groups is 1. The van der Waals surface area contributed by atoms with Crippen molar-refractivity contribution < 1.29 is 4.79 Å². The fraction of sp³-hybridized carbons (Fsp3) is 0.800. The van der Waals surface area contributed by atoms with Gasteiger partial charge in [0.2, 0.25) is 5.91 Å². The molecule has 0 fully saturated rings. The Hall–Kier alpha value is -0.790. The summed E-state index contributed by atoms with van der Waals surface area (Å²) in [6.45, 7) is 21.6. The third kappa shape index (κ3) is 5.90. The molecule has 0 aliphatic carbocycles. The van der Waals surface area contributed by atoms with Crippen LogP contribution in [0.2, 0.25) is 0 Å². The first-order valence-corrected chi connectivity index (χ1v) is 6.63. The average Bonchev–Trinajstić information content (AvgIpc) is 2.19. The number of amides is 1. The Balaban J connectivity index is 0. The Labute approximate surface area is 108 Å². The van der Waals surface area contributed by atoms with Crippen molar-refractivity contribution in [2.24, 2.45) is 17.8 Å². The van der Waals surface area contributed by atoms with Gasteiger partial charge in [-0.3, -0.25) is 4.79 Å². The predicted molar refractivity (Wildman–Crippen MR) is 76.9 cm³/mol. The third-order valence-corrected chi connectivity index (χ3v) is 2.97. The van der Waals surface area contributed by atoms with E-state index < -0.39 is 0 Å². The molecule has 0 spiro atoms. The van der Waals surface area contributed by atoms with Crippen LogP contribution in [-0.2, 0) is 4.79 Å². The summed E-state index contributed by atoms with van der Waals surface area (Å²) >= 11 is 0. The van der Waals surface area contributed by atoms with Crippen molar-refractivity contribution in [2.75, 3.05) is 6.54 Å². The van der Waals surface area contributed by atoms with Crippen LogP contribution in [0.1, 0.15) is 48.5 Å². The lowest BCUT2D eigenvalue weighted by molar-refractivity contribution is -0.140. The first-order valence-electron chi connectivity index (χ1n) is 6.63. The van der Waals surface area contributed by atoms with E-state index in [1.54, 1.807) is 0 Å². The van der Waals surface area contributed by atoms with Crippen molar-refractivity contribution in [3.63, 3.8) is 0 Å². The van der Waals surface area contributed by atoms with Crippen LogP contribution in [0.5, 0.6) is 0 Å². The smallest absolute Gasteiger partial charge is 0.226 e. The van der Waals surface area contributed by atoms with Gasteiger partial charge in [-0.05, 0) is 32.6 Å². The van der Waals surface area contributed by atoms with Gasteiger partial charge < -0.3 is 4.90 Å². The summed E-state index contributed by atoms with van der Waals surface area (Å²) in [5, 5.41) is 0. The molecule has 0 aromatic carbocycles. The van der Waals surface area contributed by atoms with E-state index in [1.807, 2.05) is 4.90 Å². The summed E-state index contributed by atoms with van der Waals surface area (Å²) in [5.41, 5.74) is 0. The van der Waals surface area contributed by atoms with Gasteiger partial charge in [0.25, 0.3) is 0 Å². The minimum Gasteiger partial charge on any atom is -0.340 e. The van der Waals surface area contributed by atoms with Gasteiger partial charge in [0.05, 0.1) is 0 Å². The molecular formula is C15H31NO. The van der Waals surface area contributed by atoms with Gasteiger partial charge in [-0.2, -0.15) is 0 Å². The predicted octanol–water partition coefficient (Wildman–Crippen LogP) is 3.97. The largest absolute Gasteiger partial charge is 0.340 e. The van der Waals surface area contributed by atoms with Crippen LogP contribution in [0.25, 0.3) is 0 Å². The van der Waals surface area contributed by atoms with Crippen LogP contribution in [0.3, 0.4) is 0 Å². The van der Waals surface area contributed by atoms with Crippen LogP contribution in [0.15, 0.2) is 13.2 Å². The first-order chi connectivity index (χ1) is 7.82. The summed E-state index contributed by atoms with van der Waals surface area (Å²) < 4.78 is 0. The molecule has 0 saturated carbocycles. The van der Waals surface area contributed by atoms with E-state index in [9.17, 15) is 4.79 Å². The zero-order valence-electron chi connectivity index (χ0n) is 12.8. The molecule has 2 heteroatoms. The molecule has 17 heavy (non-hydrogen) atoms. The summed E-state index contributed by atoms with van der Waals surface area (Å²) in [4.78, 5) is 14.3. The van der Waals surface area contributed by atoms with Crippen molar-refractivity contribution in [3.8, 4) is 0 Å². The van der Waals surface area contributed by atoms with Crippen molar-refractivity contribution in [1.82, 2.24) is 4.90 Å². The quantitative estimate of drug-likeness (QED) is 0.667. The van der Waals surface area contributed by atoms with Crippen molar-refractivity contribution in [2.45, 2.75) is 54.5 Å². The van der Waals surface area contributed by atoms with E-state index in [-0.39, 0.29) is 5.92 Å². The third-order valence-electron chi connectivity index (χ3n) is 2.97. The molecule has 0 aromatic heterocycles. The van der Waals surface area contributed by atoms with Gasteiger partial charge in [-0.25, -0.2) is 0 Å². The Morgan fingerprint density at radius 1 is 1.00 bits per heavy atom. The Kier molecular flexibility index (Phi) is 10.1. The lowest BCUT2D eigenvalue weighted by Gasteiger charge is -2.33. The zero-order chi connectivity index (χ0) is 14.2. The molecule has 0 aromatic rings. The van der Waals surface area contributed by atoms with Gasteiger partial charge >= 0.3 is 0 Å². The van der Waals surface area contributed by atoms with Crippen LogP contribution in [0, 0.1) is 17.8 Å². The van der Waals surface area contributed by atoms with Gasteiger partial charge in [0, 0.05) is 18.5 Å². The maximum atomic E-state index is 12.3. The van der Waals surface area contributed by atoms with E-state index in [2.05, 4.69) is 61.6 Å². The van der Waals surface area contributed by atoms with E-state index in [0.717, 1.165) is 6.54 Å². The van der Waals surface area contributed by atoms with Crippen LogP contribution >= 0.6 is 0 Å². The Bertz CT molecular complexity index is 201. The normalized spacial score (nSPS) is 10.8. The molecule has 0 aliphatic rings. The van der Waals surface area contributed by atoms with Gasteiger partial charge in [-0.1, -0.05) is 27.7 Å². The van der Waals surface area contributed by atoms with Gasteiger partial charge in [0.15, 0.2) is 0 Å². The number of hydrogen-bond donors (Lipinski definition) is 0. The number of rotatable bonds is 5. The summed E-state index contributed by atoms with van der Waals surface area (Å²) in [7, 11) is 0. The van der Waals surface area contributed by atoms with E-state index in [0.29, 0.717) is 23.8 Å². The van der Waals surface area contributed by atoms with Crippen molar-refractivity contribution >= 4 is 5.91 Å². The molecule has 102 valence electrons. The SMILES string of the molecule is C=C.CCN(C(=O)C(C(C)C)C(C)C)C(C)C. The fourth-order valence-corrected chi connectivity index (χ4v) is 2.31. The maximum Gasteiger partial charge on any atom is 0.226 e. The molecule has 0 saturated heterocycles. The van der Waals surface area contributed by atoms with Crippen molar-refractivity contribution in [1.29, 1.82) is 0 Å². The zero-order valence-corrected chi connectivity index (χ0v) is 12.8. The minimum absolute atomic E-state index is 0.160. The second kappa shape index (κ2) is 9.26. The lowest BCUT2D eigenvalue weighted by atomic mass is 9.84. The van der Waals surface area contributed by atoms with E-state index >= 15 is 0 Å². The summed E-state index contributed by atoms with van der Waals surface area (Å²) in [6, 6.07) is 0.308. The lowest BCUT2D eigenvalue weighted by Crippen LogP contribution is -2.43. The summed E-state index contributed by atoms with van der Waals surface area (Å²) in [5.74, 6) is 1.32. The van der Waals surface area contributed by atoms with E-state index in [4.69, 9.17) is 0 Å². The molecule has 0 N–H and O–H groups in total. The molecule has 2 nitrogen and oxygen atoms in total. The van der Waals surface area contributed by atoms with Crippen LogP contribution in [-0.4, -0.2) is 23.4 Å². The second-order valence-electron chi connectivity index (χ2n) is 5.23. The highest BCUT2D eigenvalue weighted by Crippen LogP contribution is 2.23. The average molecular weight is 241 g/mol. The number of carbonyl (C=O) groups excluding carboxylic acids is 1. The number of nitrogens with zero attached hydrogens (tertiary/aromatic N) is 1. The summed E-state index contributed by atoms with van der Waals surface area (Å²) in [6.07, 6.45) is 0.